The van der Waals surface area contributed by atoms with E-state index < -0.39 is 5.97 Å². The summed E-state index contributed by atoms with van der Waals surface area (Å²) in [4.78, 5) is 16.2. The van der Waals surface area contributed by atoms with E-state index in [9.17, 15) is 9.90 Å². The zero-order valence-electron chi connectivity index (χ0n) is 16.9. The van der Waals surface area contributed by atoms with Crippen molar-refractivity contribution in [2.45, 2.75) is 38.5 Å². The van der Waals surface area contributed by atoms with Crippen molar-refractivity contribution in [3.63, 3.8) is 0 Å². The number of pyridine rings is 1. The number of aryl methyl sites for hydroxylation is 2. The van der Waals surface area contributed by atoms with E-state index in [2.05, 4.69) is 27.0 Å². The lowest BCUT2D eigenvalue weighted by Crippen LogP contribution is -2.06. The Bertz CT molecular complexity index is 1040. The molecule has 1 aliphatic carbocycles. The fourth-order valence-electron chi connectivity index (χ4n) is 3.83. The van der Waals surface area contributed by atoms with Crippen LogP contribution in [0.4, 0.5) is 11.5 Å². The third-order valence-electron chi connectivity index (χ3n) is 5.44. The van der Waals surface area contributed by atoms with Crippen LogP contribution in [-0.4, -0.2) is 33.8 Å². The molecule has 0 saturated heterocycles. The molecular weight excluding hydrogens is 366 g/mol. The van der Waals surface area contributed by atoms with Crippen LogP contribution in [0.2, 0.25) is 0 Å². The number of aromatic nitrogens is 2. The van der Waals surface area contributed by atoms with Gasteiger partial charge in [0.1, 0.15) is 11.4 Å². The maximum absolute atomic E-state index is 11.8. The third kappa shape index (κ3) is 4.27. The van der Waals surface area contributed by atoms with Crippen molar-refractivity contribution in [1.29, 1.82) is 0 Å². The second kappa shape index (κ2) is 8.25. The number of fused-ring (bicyclic) bond motifs is 1. The first-order valence-electron chi connectivity index (χ1n) is 10.2. The van der Waals surface area contributed by atoms with E-state index in [4.69, 9.17) is 4.74 Å². The Morgan fingerprint density at radius 1 is 1.34 bits per heavy atom. The Morgan fingerprint density at radius 3 is 2.90 bits per heavy atom. The SMILES string of the molecule is CCOCCCc1cc(Nc2ncc(C3CC3)cc2C(=O)O)cc2ccn(C)c12. The highest BCUT2D eigenvalue weighted by molar-refractivity contribution is 5.95. The van der Waals surface area contributed by atoms with E-state index in [-0.39, 0.29) is 5.56 Å². The molecule has 0 bridgehead atoms. The summed E-state index contributed by atoms with van der Waals surface area (Å²) >= 11 is 0. The number of anilines is 2. The van der Waals surface area contributed by atoms with Gasteiger partial charge in [0, 0.05) is 43.7 Å². The minimum absolute atomic E-state index is 0.223. The predicted octanol–water partition coefficient (Wildman–Crippen LogP) is 4.86. The first-order chi connectivity index (χ1) is 14.1. The Labute approximate surface area is 170 Å². The van der Waals surface area contributed by atoms with Crippen LogP contribution >= 0.6 is 0 Å². The lowest BCUT2D eigenvalue weighted by atomic mass is 10.0. The second-order valence-corrected chi connectivity index (χ2v) is 7.67. The van der Waals surface area contributed by atoms with Crippen LogP contribution in [-0.2, 0) is 18.2 Å². The molecule has 6 heteroatoms. The second-order valence-electron chi connectivity index (χ2n) is 7.67. The summed E-state index contributed by atoms with van der Waals surface area (Å²) in [6, 6.07) is 7.98. The number of nitrogens with one attached hydrogen (secondary N) is 1. The molecule has 2 N–H and O–H groups in total. The van der Waals surface area contributed by atoms with Gasteiger partial charge in [0.25, 0.3) is 0 Å². The number of nitrogens with zero attached hydrogens (tertiary/aromatic N) is 2. The highest BCUT2D eigenvalue weighted by Crippen LogP contribution is 2.40. The van der Waals surface area contributed by atoms with Crippen LogP contribution < -0.4 is 5.32 Å². The maximum atomic E-state index is 11.8. The van der Waals surface area contributed by atoms with Gasteiger partial charge in [0.2, 0.25) is 0 Å². The van der Waals surface area contributed by atoms with Gasteiger partial charge in [-0.3, -0.25) is 0 Å². The number of hydrogen-bond donors (Lipinski definition) is 2. The predicted molar refractivity (Wildman–Crippen MR) is 114 cm³/mol. The van der Waals surface area contributed by atoms with Gasteiger partial charge in [-0.1, -0.05) is 0 Å². The van der Waals surface area contributed by atoms with Gasteiger partial charge in [-0.25, -0.2) is 9.78 Å². The number of carboxylic acid groups (broad SMARTS) is 1. The van der Waals surface area contributed by atoms with Gasteiger partial charge in [-0.2, -0.15) is 0 Å². The third-order valence-corrected chi connectivity index (χ3v) is 5.44. The molecule has 0 amide bonds. The Kier molecular flexibility index (Phi) is 5.53. The van der Waals surface area contributed by atoms with E-state index in [0.29, 0.717) is 11.7 Å². The largest absolute Gasteiger partial charge is 0.478 e. The van der Waals surface area contributed by atoms with E-state index in [1.165, 1.54) is 11.1 Å². The average Bonchev–Trinajstić information content (AvgIpc) is 3.49. The first-order valence-corrected chi connectivity index (χ1v) is 10.2. The van der Waals surface area contributed by atoms with E-state index in [1.54, 1.807) is 12.3 Å². The van der Waals surface area contributed by atoms with Crippen molar-refractivity contribution in [2.24, 2.45) is 7.05 Å². The summed E-state index contributed by atoms with van der Waals surface area (Å²) in [5, 5.41) is 14.0. The highest BCUT2D eigenvalue weighted by atomic mass is 16.5. The zero-order valence-corrected chi connectivity index (χ0v) is 16.9. The quantitative estimate of drug-likeness (QED) is 0.508. The summed E-state index contributed by atoms with van der Waals surface area (Å²) in [5.74, 6) is -0.107. The number of carbonyl (C=O) groups is 1. The number of ether oxygens (including phenoxy) is 1. The number of carboxylic acids is 1. The van der Waals surface area contributed by atoms with Gasteiger partial charge in [-0.05, 0) is 73.9 Å². The highest BCUT2D eigenvalue weighted by Gasteiger charge is 2.26. The molecule has 0 atom stereocenters. The van der Waals surface area contributed by atoms with Crippen molar-refractivity contribution >= 4 is 28.4 Å². The fourth-order valence-corrected chi connectivity index (χ4v) is 3.83. The topological polar surface area (TPSA) is 76.4 Å². The molecule has 1 saturated carbocycles. The normalized spacial score (nSPS) is 13.7. The average molecular weight is 393 g/mol. The summed E-state index contributed by atoms with van der Waals surface area (Å²) in [7, 11) is 2.04. The Morgan fingerprint density at radius 2 is 2.17 bits per heavy atom. The Hall–Kier alpha value is -2.86. The summed E-state index contributed by atoms with van der Waals surface area (Å²) in [5.41, 5.74) is 4.50. The molecule has 3 aromatic rings. The van der Waals surface area contributed by atoms with Gasteiger partial charge >= 0.3 is 5.97 Å². The van der Waals surface area contributed by atoms with Crippen LogP contribution in [0.1, 0.15) is 53.6 Å². The van der Waals surface area contributed by atoms with Crippen LogP contribution in [0, 0.1) is 0 Å². The van der Waals surface area contributed by atoms with Crippen molar-refractivity contribution in [1.82, 2.24) is 9.55 Å². The molecule has 0 radical (unpaired) electrons. The van der Waals surface area contributed by atoms with Crippen LogP contribution in [0.3, 0.4) is 0 Å². The lowest BCUT2D eigenvalue weighted by Gasteiger charge is -2.13. The smallest absolute Gasteiger partial charge is 0.339 e. The monoisotopic (exact) mass is 393 g/mol. The number of benzene rings is 1. The molecule has 1 aromatic carbocycles. The molecule has 4 rings (SSSR count). The molecule has 1 aliphatic rings. The number of hydrogen-bond acceptors (Lipinski definition) is 4. The van der Waals surface area contributed by atoms with Gasteiger partial charge < -0.3 is 19.7 Å². The maximum Gasteiger partial charge on any atom is 0.339 e. The summed E-state index contributed by atoms with van der Waals surface area (Å²) < 4.78 is 7.61. The van der Waals surface area contributed by atoms with Gasteiger partial charge in [0.05, 0.1) is 5.52 Å². The molecule has 2 aromatic heterocycles. The van der Waals surface area contributed by atoms with Crippen molar-refractivity contribution in [3.05, 3.63) is 53.3 Å². The van der Waals surface area contributed by atoms with Crippen LogP contribution in [0.5, 0.6) is 0 Å². The lowest BCUT2D eigenvalue weighted by molar-refractivity contribution is 0.0697. The molecule has 0 aliphatic heterocycles. The minimum Gasteiger partial charge on any atom is -0.478 e. The molecule has 6 nitrogen and oxygen atoms in total. The Balaban J connectivity index is 1.64. The standard InChI is InChI=1S/C23H27N3O3/c1-3-29-10-4-5-16-11-19(12-17-8-9-26(2)21(16)17)25-22-20(23(27)28)13-18(14-24-22)15-6-7-15/h8-9,11-15H,3-7,10H2,1-2H3,(H,24,25)(H,27,28). The number of aromatic carboxylic acids is 1. The van der Waals surface area contributed by atoms with Crippen molar-refractivity contribution in [3.8, 4) is 0 Å². The van der Waals surface area contributed by atoms with Crippen molar-refractivity contribution < 1.29 is 14.6 Å². The van der Waals surface area contributed by atoms with E-state index >= 15 is 0 Å². The van der Waals surface area contributed by atoms with Crippen LogP contribution in [0.25, 0.3) is 10.9 Å². The fraction of sp³-hybridized carbons (Fsp3) is 0.391. The molecule has 29 heavy (non-hydrogen) atoms. The molecule has 2 heterocycles. The number of rotatable bonds is 9. The van der Waals surface area contributed by atoms with Gasteiger partial charge in [-0.15, -0.1) is 0 Å². The molecule has 0 unspecified atom stereocenters. The van der Waals surface area contributed by atoms with E-state index in [0.717, 1.165) is 55.5 Å². The molecule has 0 spiro atoms. The minimum atomic E-state index is -0.958. The van der Waals surface area contributed by atoms with Crippen LogP contribution in [0.15, 0.2) is 36.7 Å². The van der Waals surface area contributed by atoms with Crippen molar-refractivity contribution in [2.75, 3.05) is 18.5 Å². The molecular formula is C23H27N3O3. The first kappa shape index (κ1) is 19.5. The summed E-state index contributed by atoms with van der Waals surface area (Å²) in [6.45, 7) is 3.45. The van der Waals surface area contributed by atoms with E-state index in [1.807, 2.05) is 26.2 Å². The molecule has 1 fully saturated rings. The van der Waals surface area contributed by atoms with Gasteiger partial charge in [0.15, 0.2) is 0 Å². The zero-order chi connectivity index (χ0) is 20.4. The molecule has 152 valence electrons. The summed E-state index contributed by atoms with van der Waals surface area (Å²) in [6.07, 6.45) is 7.91.